The lowest BCUT2D eigenvalue weighted by molar-refractivity contribution is -0.170. The van der Waals surface area contributed by atoms with E-state index in [9.17, 15) is 19.5 Å². The second kappa shape index (κ2) is 9.70. The van der Waals surface area contributed by atoms with Crippen molar-refractivity contribution in [3.05, 3.63) is 59.7 Å². The maximum absolute atomic E-state index is 13.3. The summed E-state index contributed by atoms with van der Waals surface area (Å²) < 4.78 is 10.9. The number of carboxylic acid groups (broad SMARTS) is 1. The first-order valence-electron chi connectivity index (χ1n) is 12.0. The minimum atomic E-state index is -1.28. The van der Waals surface area contributed by atoms with Crippen LogP contribution in [0.4, 0.5) is 4.79 Å². The van der Waals surface area contributed by atoms with Crippen LogP contribution in [-0.2, 0) is 19.1 Å². The molecule has 0 aromatic heterocycles. The molecule has 4 rings (SSSR count). The number of hydrogen-bond donors (Lipinski definition) is 2. The number of hydrogen-bond acceptors (Lipinski definition) is 5. The molecular weight excluding hydrogens is 448 g/mol. The van der Waals surface area contributed by atoms with Gasteiger partial charge in [-0.1, -0.05) is 55.5 Å². The van der Waals surface area contributed by atoms with E-state index in [0.717, 1.165) is 22.3 Å². The molecule has 8 heteroatoms. The van der Waals surface area contributed by atoms with E-state index in [1.165, 1.54) is 7.11 Å². The van der Waals surface area contributed by atoms with Crippen molar-refractivity contribution < 1.29 is 29.0 Å². The average Bonchev–Trinajstić information content (AvgIpc) is 3.20. The molecule has 2 N–H and O–H groups in total. The number of carbonyl (C=O) groups excluding carboxylic acids is 2. The Bertz CT molecular complexity index is 1080. The number of fused-ring (bicyclic) bond motifs is 3. The quantitative estimate of drug-likeness (QED) is 0.625. The lowest BCUT2D eigenvalue weighted by Crippen LogP contribution is -2.61. The molecule has 1 heterocycles. The van der Waals surface area contributed by atoms with Crippen molar-refractivity contribution in [1.82, 2.24) is 10.2 Å². The standard InChI is InChI=1S/C27H32N2O6/c1-4-26(2,23(30)29-15-13-27(34-3,14-16-29)24(31)32)28-25(33)35-17-22-20-11-7-5-9-18(20)19-10-6-8-12-21(19)22/h5-12,22H,4,13-17H2,1-3H3,(H,28,33)(H,31,32). The van der Waals surface area contributed by atoms with E-state index < -0.39 is 23.2 Å². The second-order valence-corrected chi connectivity index (χ2v) is 9.43. The summed E-state index contributed by atoms with van der Waals surface area (Å²) in [6.45, 7) is 4.13. The smallest absolute Gasteiger partial charge is 0.408 e. The van der Waals surface area contributed by atoms with Crippen LogP contribution in [-0.4, -0.2) is 65.9 Å². The molecule has 1 fully saturated rings. The highest BCUT2D eigenvalue weighted by atomic mass is 16.5. The van der Waals surface area contributed by atoms with Gasteiger partial charge in [-0.05, 0) is 35.6 Å². The van der Waals surface area contributed by atoms with Gasteiger partial charge in [-0.2, -0.15) is 0 Å². The third-order valence-corrected chi connectivity index (χ3v) is 7.54. The fraction of sp³-hybridized carbons (Fsp3) is 0.444. The highest BCUT2D eigenvalue weighted by Gasteiger charge is 2.45. The number of alkyl carbamates (subject to hydrolysis) is 1. The minimum Gasteiger partial charge on any atom is -0.479 e. The number of carbonyl (C=O) groups is 3. The lowest BCUT2D eigenvalue weighted by atomic mass is 9.89. The zero-order valence-corrected chi connectivity index (χ0v) is 20.4. The van der Waals surface area contributed by atoms with E-state index in [0.29, 0.717) is 6.42 Å². The van der Waals surface area contributed by atoms with E-state index in [-0.39, 0.29) is 44.4 Å². The molecule has 8 nitrogen and oxygen atoms in total. The van der Waals surface area contributed by atoms with Gasteiger partial charge in [-0.15, -0.1) is 0 Å². The molecule has 0 radical (unpaired) electrons. The van der Waals surface area contributed by atoms with E-state index in [1.807, 2.05) is 31.2 Å². The Kier molecular flexibility index (Phi) is 6.85. The number of rotatable bonds is 7. The third-order valence-electron chi connectivity index (χ3n) is 7.54. The number of amides is 2. The average molecular weight is 481 g/mol. The summed E-state index contributed by atoms with van der Waals surface area (Å²) in [6.07, 6.45) is 0.0873. The number of nitrogens with zero attached hydrogens (tertiary/aromatic N) is 1. The summed E-state index contributed by atoms with van der Waals surface area (Å²) in [4.78, 5) is 39.3. The predicted octanol–water partition coefficient (Wildman–Crippen LogP) is 3.79. The molecule has 2 aliphatic rings. The van der Waals surface area contributed by atoms with Crippen molar-refractivity contribution in [3.63, 3.8) is 0 Å². The molecule has 35 heavy (non-hydrogen) atoms. The number of aliphatic carboxylic acids is 1. The van der Waals surface area contributed by atoms with E-state index in [4.69, 9.17) is 9.47 Å². The Balaban J connectivity index is 1.40. The van der Waals surface area contributed by atoms with Crippen molar-refractivity contribution in [1.29, 1.82) is 0 Å². The molecule has 2 aromatic carbocycles. The van der Waals surface area contributed by atoms with Crippen molar-refractivity contribution in [2.75, 3.05) is 26.8 Å². The van der Waals surface area contributed by atoms with Crippen LogP contribution < -0.4 is 5.32 Å². The summed E-state index contributed by atoms with van der Waals surface area (Å²) in [7, 11) is 1.38. The molecule has 1 aliphatic heterocycles. The van der Waals surface area contributed by atoms with Gasteiger partial charge in [-0.3, -0.25) is 4.79 Å². The maximum atomic E-state index is 13.3. The highest BCUT2D eigenvalue weighted by Crippen LogP contribution is 2.44. The Morgan fingerprint density at radius 2 is 1.60 bits per heavy atom. The second-order valence-electron chi connectivity index (χ2n) is 9.43. The third kappa shape index (κ3) is 4.50. The highest BCUT2D eigenvalue weighted by molar-refractivity contribution is 5.90. The van der Waals surface area contributed by atoms with E-state index >= 15 is 0 Å². The van der Waals surface area contributed by atoms with Crippen LogP contribution in [0.15, 0.2) is 48.5 Å². The summed E-state index contributed by atoms with van der Waals surface area (Å²) in [5.41, 5.74) is 2.07. The molecule has 186 valence electrons. The van der Waals surface area contributed by atoms with Crippen molar-refractivity contribution in [3.8, 4) is 11.1 Å². The van der Waals surface area contributed by atoms with Crippen LogP contribution in [0, 0.1) is 0 Å². The number of benzene rings is 2. The number of likely N-dealkylation sites (tertiary alicyclic amines) is 1. The van der Waals surface area contributed by atoms with Crippen LogP contribution in [0.2, 0.25) is 0 Å². The van der Waals surface area contributed by atoms with Crippen LogP contribution in [0.3, 0.4) is 0 Å². The molecule has 1 unspecified atom stereocenters. The summed E-state index contributed by atoms with van der Waals surface area (Å²) in [6, 6.07) is 16.2. The Morgan fingerprint density at radius 1 is 1.06 bits per heavy atom. The van der Waals surface area contributed by atoms with Gasteiger partial charge in [0.25, 0.3) is 0 Å². The van der Waals surface area contributed by atoms with E-state index in [1.54, 1.807) is 11.8 Å². The van der Waals surface area contributed by atoms with Gasteiger partial charge < -0.3 is 24.8 Å². The fourth-order valence-electron chi connectivity index (χ4n) is 5.08. The van der Waals surface area contributed by atoms with Crippen LogP contribution in [0.5, 0.6) is 0 Å². The Morgan fingerprint density at radius 3 is 2.09 bits per heavy atom. The van der Waals surface area contributed by atoms with Gasteiger partial charge in [0, 0.05) is 39.0 Å². The number of carboxylic acids is 1. The van der Waals surface area contributed by atoms with Gasteiger partial charge in [0.15, 0.2) is 5.60 Å². The molecule has 1 saturated heterocycles. The minimum absolute atomic E-state index is 0.0722. The van der Waals surface area contributed by atoms with E-state index in [2.05, 4.69) is 29.6 Å². The fourth-order valence-corrected chi connectivity index (χ4v) is 5.08. The normalized spacial score (nSPS) is 18.2. The van der Waals surface area contributed by atoms with Crippen molar-refractivity contribution in [2.24, 2.45) is 0 Å². The molecule has 0 bridgehead atoms. The van der Waals surface area contributed by atoms with Crippen LogP contribution >= 0.6 is 0 Å². The lowest BCUT2D eigenvalue weighted by Gasteiger charge is -2.41. The molecule has 1 atom stereocenters. The summed E-state index contributed by atoms with van der Waals surface area (Å²) in [5.74, 6) is -1.36. The van der Waals surface area contributed by atoms with Crippen LogP contribution in [0.1, 0.15) is 50.2 Å². The maximum Gasteiger partial charge on any atom is 0.408 e. The molecular formula is C27H32N2O6. The predicted molar refractivity (Wildman–Crippen MR) is 130 cm³/mol. The largest absolute Gasteiger partial charge is 0.479 e. The molecule has 2 aromatic rings. The molecule has 0 saturated carbocycles. The SMILES string of the molecule is CCC(C)(NC(=O)OCC1c2ccccc2-c2ccccc21)C(=O)N1CCC(OC)(C(=O)O)CC1. The number of ether oxygens (including phenoxy) is 2. The van der Waals surface area contributed by atoms with Crippen molar-refractivity contribution >= 4 is 18.0 Å². The number of nitrogens with one attached hydrogen (secondary N) is 1. The molecule has 2 amide bonds. The first-order valence-corrected chi connectivity index (χ1v) is 12.0. The van der Waals surface area contributed by atoms with Gasteiger partial charge in [-0.25, -0.2) is 9.59 Å². The van der Waals surface area contributed by atoms with Gasteiger partial charge >= 0.3 is 12.1 Å². The first kappa shape index (κ1) is 24.7. The van der Waals surface area contributed by atoms with Gasteiger partial charge in [0.2, 0.25) is 5.91 Å². The Hall–Kier alpha value is -3.39. The molecule has 0 spiro atoms. The number of piperidine rings is 1. The zero-order chi connectivity index (χ0) is 25.2. The topological polar surface area (TPSA) is 105 Å². The monoisotopic (exact) mass is 480 g/mol. The summed E-state index contributed by atoms with van der Waals surface area (Å²) >= 11 is 0. The van der Waals surface area contributed by atoms with Gasteiger partial charge in [0.05, 0.1) is 0 Å². The van der Waals surface area contributed by atoms with Crippen molar-refractivity contribution in [2.45, 2.75) is 50.2 Å². The number of methoxy groups -OCH3 is 1. The summed E-state index contributed by atoms with van der Waals surface area (Å²) in [5, 5.41) is 12.3. The zero-order valence-electron chi connectivity index (χ0n) is 20.4. The molecule has 1 aliphatic carbocycles. The first-order chi connectivity index (χ1) is 16.7. The van der Waals surface area contributed by atoms with Gasteiger partial charge in [0.1, 0.15) is 12.1 Å². The van der Waals surface area contributed by atoms with Crippen LogP contribution in [0.25, 0.3) is 11.1 Å². The Labute approximate surface area is 205 Å².